The maximum atomic E-state index is 12.5. The Morgan fingerprint density at radius 2 is 1.61 bits per heavy atom. The molecule has 1 aromatic heterocycles. The second-order valence-electron chi connectivity index (χ2n) is 7.09. The first kappa shape index (κ1) is 25.1. The van der Waals surface area contributed by atoms with E-state index in [9.17, 15) is 4.79 Å². The molecule has 3 rings (SSSR count). The molecule has 0 unspecified atom stereocenters. The van der Waals surface area contributed by atoms with Crippen LogP contribution in [0.25, 0.3) is 11.3 Å². The number of hydrogen-bond acceptors (Lipinski definition) is 7. The van der Waals surface area contributed by atoms with Crippen LogP contribution in [-0.4, -0.2) is 56.5 Å². The molecule has 0 aliphatic carbocycles. The molecule has 2 aromatic carbocycles. The molecule has 9 heteroatoms. The van der Waals surface area contributed by atoms with Gasteiger partial charge in [0.2, 0.25) is 0 Å². The quantitative estimate of drug-likeness (QED) is 0.320. The van der Waals surface area contributed by atoms with Crippen LogP contribution in [0.4, 0.5) is 5.82 Å². The number of nitrogens with zero attached hydrogens (tertiary/aromatic N) is 3. The highest BCUT2D eigenvalue weighted by Gasteiger charge is 2.19. The summed E-state index contributed by atoms with van der Waals surface area (Å²) in [5, 5.41) is 0.249. The van der Waals surface area contributed by atoms with Crippen LogP contribution in [0.5, 0.6) is 0 Å². The average molecular weight is 535 g/mol. The Kier molecular flexibility index (Phi) is 9.62. The van der Waals surface area contributed by atoms with Crippen molar-refractivity contribution in [2.75, 3.05) is 45.4 Å². The van der Waals surface area contributed by atoms with Crippen molar-refractivity contribution in [2.45, 2.75) is 6.61 Å². The summed E-state index contributed by atoms with van der Waals surface area (Å²) < 4.78 is 16.4. The van der Waals surface area contributed by atoms with E-state index >= 15 is 0 Å². The van der Waals surface area contributed by atoms with Crippen molar-refractivity contribution in [3.05, 3.63) is 75.5 Å². The number of esters is 1. The zero-order valence-electron chi connectivity index (χ0n) is 18.5. The third kappa shape index (κ3) is 6.98. The summed E-state index contributed by atoms with van der Waals surface area (Å²) >= 11 is 9.64. The number of benzene rings is 2. The highest BCUT2D eigenvalue weighted by molar-refractivity contribution is 9.10. The van der Waals surface area contributed by atoms with Crippen molar-refractivity contribution in [1.82, 2.24) is 9.97 Å². The summed E-state index contributed by atoms with van der Waals surface area (Å²) in [6.07, 6.45) is 0. The third-order valence-electron chi connectivity index (χ3n) is 4.83. The molecule has 0 saturated heterocycles. The first-order valence-corrected chi connectivity index (χ1v) is 11.5. The van der Waals surface area contributed by atoms with Gasteiger partial charge in [0, 0.05) is 32.9 Å². The van der Waals surface area contributed by atoms with Crippen LogP contribution in [0.15, 0.2) is 59.2 Å². The molecule has 1 heterocycles. The molecule has 0 bridgehead atoms. The fraction of sp³-hybridized carbons (Fsp3) is 0.292. The molecular weight excluding hydrogens is 510 g/mol. The molecule has 0 fully saturated rings. The van der Waals surface area contributed by atoms with Crippen molar-refractivity contribution >= 4 is 39.3 Å². The van der Waals surface area contributed by atoms with Crippen LogP contribution in [0.3, 0.4) is 0 Å². The van der Waals surface area contributed by atoms with Crippen LogP contribution in [0.1, 0.15) is 15.9 Å². The number of anilines is 1. The Labute approximate surface area is 206 Å². The van der Waals surface area contributed by atoms with Crippen LogP contribution in [0.2, 0.25) is 5.15 Å². The second-order valence-corrected chi connectivity index (χ2v) is 8.20. The lowest BCUT2D eigenvalue weighted by Gasteiger charge is -2.25. The molecule has 33 heavy (non-hydrogen) atoms. The van der Waals surface area contributed by atoms with E-state index in [-0.39, 0.29) is 11.8 Å². The van der Waals surface area contributed by atoms with Gasteiger partial charge >= 0.3 is 5.97 Å². The SMILES string of the molecule is COCCN(CCOC)c1nc(Br)c(Cl)nc1-c1ccc(C(=O)OCc2ccccc2)cc1. The summed E-state index contributed by atoms with van der Waals surface area (Å²) in [6.45, 7) is 2.43. The fourth-order valence-corrected chi connectivity index (χ4v) is 3.48. The number of halogens is 2. The maximum Gasteiger partial charge on any atom is 0.338 e. The number of aromatic nitrogens is 2. The van der Waals surface area contributed by atoms with E-state index in [1.807, 2.05) is 47.4 Å². The minimum atomic E-state index is -0.396. The van der Waals surface area contributed by atoms with Gasteiger partial charge in [0.15, 0.2) is 11.0 Å². The predicted octanol–water partition coefficient (Wildman–Crippen LogP) is 5.02. The number of carbonyl (C=O) groups excluding carboxylic acids is 1. The summed E-state index contributed by atoms with van der Waals surface area (Å²) in [5.41, 5.74) is 2.74. The summed E-state index contributed by atoms with van der Waals surface area (Å²) in [5.74, 6) is 0.243. The smallest absolute Gasteiger partial charge is 0.338 e. The minimum absolute atomic E-state index is 0.216. The molecule has 0 spiro atoms. The van der Waals surface area contributed by atoms with Crippen LogP contribution in [0, 0.1) is 0 Å². The minimum Gasteiger partial charge on any atom is -0.457 e. The fourth-order valence-electron chi connectivity index (χ4n) is 3.10. The van der Waals surface area contributed by atoms with E-state index in [4.69, 9.17) is 25.8 Å². The largest absolute Gasteiger partial charge is 0.457 e. The van der Waals surface area contributed by atoms with E-state index in [0.29, 0.717) is 48.0 Å². The van der Waals surface area contributed by atoms with Crippen LogP contribution < -0.4 is 4.90 Å². The molecule has 174 valence electrons. The van der Waals surface area contributed by atoms with Crippen molar-refractivity contribution in [1.29, 1.82) is 0 Å². The topological polar surface area (TPSA) is 73.8 Å². The van der Waals surface area contributed by atoms with Gasteiger partial charge in [-0.3, -0.25) is 0 Å². The molecule has 3 aromatic rings. The molecule has 0 radical (unpaired) electrons. The average Bonchev–Trinajstić information content (AvgIpc) is 2.85. The zero-order valence-corrected chi connectivity index (χ0v) is 20.8. The van der Waals surface area contributed by atoms with Crippen molar-refractivity contribution < 1.29 is 19.0 Å². The van der Waals surface area contributed by atoms with Gasteiger partial charge in [-0.15, -0.1) is 0 Å². The monoisotopic (exact) mass is 533 g/mol. The summed E-state index contributed by atoms with van der Waals surface area (Å²) in [7, 11) is 3.29. The standard InChI is InChI=1S/C24H25BrClN3O4/c1-31-14-12-29(13-15-32-2)23-20(27-22(26)21(25)28-23)18-8-10-19(11-9-18)24(30)33-16-17-6-4-3-5-7-17/h3-11H,12-16H2,1-2H3. The molecule has 0 amide bonds. The first-order valence-electron chi connectivity index (χ1n) is 10.3. The Balaban J connectivity index is 1.84. The lowest BCUT2D eigenvalue weighted by atomic mass is 10.1. The Bertz CT molecular complexity index is 1040. The summed E-state index contributed by atoms with van der Waals surface area (Å²) in [4.78, 5) is 23.7. The van der Waals surface area contributed by atoms with Gasteiger partial charge in [-0.05, 0) is 33.6 Å². The van der Waals surface area contributed by atoms with Gasteiger partial charge in [0.25, 0.3) is 0 Å². The maximum absolute atomic E-state index is 12.5. The Morgan fingerprint density at radius 3 is 2.21 bits per heavy atom. The molecular formula is C24H25BrClN3O4. The third-order valence-corrected chi connectivity index (χ3v) is 5.88. The number of carbonyl (C=O) groups is 1. The second kappa shape index (κ2) is 12.6. The van der Waals surface area contributed by atoms with Gasteiger partial charge < -0.3 is 19.1 Å². The van der Waals surface area contributed by atoms with Crippen molar-refractivity contribution in [3.8, 4) is 11.3 Å². The molecule has 0 aliphatic heterocycles. The zero-order chi connectivity index (χ0) is 23.6. The molecule has 0 aliphatic rings. The van der Waals surface area contributed by atoms with Crippen molar-refractivity contribution in [3.63, 3.8) is 0 Å². The van der Waals surface area contributed by atoms with Crippen molar-refractivity contribution in [2.24, 2.45) is 0 Å². The predicted molar refractivity (Wildman–Crippen MR) is 132 cm³/mol. The lowest BCUT2D eigenvalue weighted by molar-refractivity contribution is 0.0472. The Hall–Kier alpha value is -2.52. The molecule has 0 N–H and O–H groups in total. The normalized spacial score (nSPS) is 10.8. The van der Waals surface area contributed by atoms with Gasteiger partial charge in [0.1, 0.15) is 16.9 Å². The van der Waals surface area contributed by atoms with Gasteiger partial charge in [-0.2, -0.15) is 0 Å². The van der Waals surface area contributed by atoms with E-state index < -0.39 is 5.97 Å². The van der Waals surface area contributed by atoms with E-state index in [1.165, 1.54) is 0 Å². The first-order chi connectivity index (χ1) is 16.0. The van der Waals surface area contributed by atoms with Crippen LogP contribution in [-0.2, 0) is 20.8 Å². The highest BCUT2D eigenvalue weighted by Crippen LogP contribution is 2.32. The number of methoxy groups -OCH3 is 2. The molecule has 0 saturated carbocycles. The molecule has 7 nitrogen and oxygen atoms in total. The van der Waals surface area contributed by atoms with E-state index in [2.05, 4.69) is 25.9 Å². The summed E-state index contributed by atoms with van der Waals surface area (Å²) in [6, 6.07) is 16.6. The highest BCUT2D eigenvalue weighted by atomic mass is 79.9. The number of hydrogen-bond donors (Lipinski definition) is 0. The lowest BCUT2D eigenvalue weighted by Crippen LogP contribution is -2.32. The van der Waals surface area contributed by atoms with Gasteiger partial charge in [-0.1, -0.05) is 54.1 Å². The molecule has 0 atom stereocenters. The van der Waals surface area contributed by atoms with Gasteiger partial charge in [0.05, 0.1) is 18.8 Å². The Morgan fingerprint density at radius 1 is 0.970 bits per heavy atom. The van der Waals surface area contributed by atoms with Gasteiger partial charge in [-0.25, -0.2) is 14.8 Å². The van der Waals surface area contributed by atoms with Crippen LogP contribution >= 0.6 is 27.5 Å². The number of rotatable bonds is 11. The van der Waals surface area contributed by atoms with E-state index in [0.717, 1.165) is 11.1 Å². The van der Waals surface area contributed by atoms with E-state index in [1.54, 1.807) is 26.4 Å². The number of ether oxygens (including phenoxy) is 3.